The van der Waals surface area contributed by atoms with Gasteiger partial charge in [-0.15, -0.1) is 0 Å². The number of benzene rings is 3. The van der Waals surface area contributed by atoms with Gasteiger partial charge >= 0.3 is 0 Å². The molecule has 168 valence electrons. The molecular weight excluding hydrogens is 436 g/mol. The van der Waals surface area contributed by atoms with Crippen molar-refractivity contribution in [1.82, 2.24) is 4.90 Å². The Labute approximate surface area is 198 Å². The molecule has 4 rings (SSSR count). The van der Waals surface area contributed by atoms with Gasteiger partial charge in [-0.05, 0) is 67.4 Å². The number of rotatable bonds is 8. The van der Waals surface area contributed by atoms with E-state index in [0.29, 0.717) is 47.8 Å². The first kappa shape index (κ1) is 22.6. The van der Waals surface area contributed by atoms with Gasteiger partial charge in [0.2, 0.25) is 0 Å². The molecule has 0 saturated heterocycles. The van der Waals surface area contributed by atoms with Crippen LogP contribution in [0.2, 0.25) is 5.02 Å². The minimum Gasteiger partial charge on any atom is -0.490 e. The lowest BCUT2D eigenvalue weighted by Crippen LogP contribution is -2.32. The molecule has 0 unspecified atom stereocenters. The Hall–Kier alpha value is -3.57. The monoisotopic (exact) mass is 460 g/mol. The van der Waals surface area contributed by atoms with Crippen molar-refractivity contribution in [3.05, 3.63) is 100 Å². The Morgan fingerprint density at radius 2 is 1.61 bits per heavy atom. The van der Waals surface area contributed by atoms with E-state index in [0.717, 1.165) is 16.7 Å². The van der Waals surface area contributed by atoms with Crippen LogP contribution in [-0.2, 0) is 11.3 Å². The number of hydrogen-bond acceptors (Lipinski definition) is 4. The minimum absolute atomic E-state index is 0.157. The van der Waals surface area contributed by atoms with Crippen molar-refractivity contribution in [3.8, 4) is 11.5 Å². The molecule has 3 aromatic carbocycles. The topological polar surface area (TPSA) is 51.1 Å². The molecule has 1 aliphatic rings. The van der Waals surface area contributed by atoms with Crippen LogP contribution in [0, 0.1) is 0 Å². The lowest BCUT2D eigenvalue weighted by molar-refractivity contribution is -0.123. The maximum Gasteiger partial charge on any atom is 0.278 e. The SMILES string of the molecule is CCOc1ccc(C=C2N=C(c3ccc(Cl)cc3)N(Cc3ccccc3)C2=O)cc1OCC. The predicted molar refractivity (Wildman–Crippen MR) is 132 cm³/mol. The van der Waals surface area contributed by atoms with Gasteiger partial charge in [0.15, 0.2) is 11.5 Å². The Bertz CT molecular complexity index is 1190. The van der Waals surface area contributed by atoms with Crippen molar-refractivity contribution >= 4 is 29.4 Å². The molecular formula is C27H25ClN2O3. The number of carbonyl (C=O) groups excluding carboxylic acids is 1. The van der Waals surface area contributed by atoms with Crippen LogP contribution in [0.3, 0.4) is 0 Å². The third-order valence-corrected chi connectivity index (χ3v) is 5.36. The summed E-state index contributed by atoms with van der Waals surface area (Å²) in [7, 11) is 0. The van der Waals surface area contributed by atoms with Crippen LogP contribution in [0.25, 0.3) is 6.08 Å². The molecule has 0 aliphatic carbocycles. The Balaban J connectivity index is 1.72. The van der Waals surface area contributed by atoms with Gasteiger partial charge in [0, 0.05) is 10.6 Å². The standard InChI is InChI=1S/C27H25ClN2O3/c1-3-32-24-15-10-20(17-25(24)33-4-2)16-23-27(31)30(18-19-8-6-5-7-9-19)26(29-23)21-11-13-22(28)14-12-21/h5-17H,3-4,18H2,1-2H3. The van der Waals surface area contributed by atoms with E-state index in [1.54, 1.807) is 23.1 Å². The molecule has 5 nitrogen and oxygen atoms in total. The van der Waals surface area contributed by atoms with Crippen LogP contribution in [-0.4, -0.2) is 29.9 Å². The van der Waals surface area contributed by atoms with E-state index in [1.165, 1.54) is 0 Å². The van der Waals surface area contributed by atoms with Crippen LogP contribution >= 0.6 is 11.6 Å². The number of amidine groups is 1. The zero-order chi connectivity index (χ0) is 23.2. The Morgan fingerprint density at radius 1 is 0.909 bits per heavy atom. The number of hydrogen-bond donors (Lipinski definition) is 0. The van der Waals surface area contributed by atoms with Gasteiger partial charge in [-0.2, -0.15) is 0 Å². The Morgan fingerprint density at radius 3 is 2.30 bits per heavy atom. The highest BCUT2D eigenvalue weighted by Gasteiger charge is 2.31. The number of carbonyl (C=O) groups is 1. The van der Waals surface area contributed by atoms with E-state index >= 15 is 0 Å². The highest BCUT2D eigenvalue weighted by atomic mass is 35.5. The second-order valence-corrected chi connectivity index (χ2v) is 7.86. The molecule has 0 saturated carbocycles. The van der Waals surface area contributed by atoms with Crippen molar-refractivity contribution in [2.24, 2.45) is 4.99 Å². The van der Waals surface area contributed by atoms with Crippen molar-refractivity contribution in [2.75, 3.05) is 13.2 Å². The zero-order valence-corrected chi connectivity index (χ0v) is 19.4. The summed E-state index contributed by atoms with van der Waals surface area (Å²) in [5.74, 6) is 1.76. The summed E-state index contributed by atoms with van der Waals surface area (Å²) in [5, 5.41) is 0.631. The second kappa shape index (κ2) is 10.4. The average molecular weight is 461 g/mol. The molecule has 1 heterocycles. The summed E-state index contributed by atoms with van der Waals surface area (Å²) in [6.07, 6.45) is 1.78. The summed E-state index contributed by atoms with van der Waals surface area (Å²) < 4.78 is 11.4. The molecule has 3 aromatic rings. The molecule has 1 amide bonds. The Kier molecular flexibility index (Phi) is 7.10. The smallest absolute Gasteiger partial charge is 0.278 e. The van der Waals surface area contributed by atoms with Crippen LogP contribution in [0.1, 0.15) is 30.5 Å². The second-order valence-electron chi connectivity index (χ2n) is 7.42. The van der Waals surface area contributed by atoms with Gasteiger partial charge in [-0.3, -0.25) is 9.69 Å². The molecule has 0 N–H and O–H groups in total. The maximum atomic E-state index is 13.4. The van der Waals surface area contributed by atoms with E-state index < -0.39 is 0 Å². The molecule has 33 heavy (non-hydrogen) atoms. The van der Waals surface area contributed by atoms with Gasteiger partial charge in [-0.25, -0.2) is 4.99 Å². The number of halogens is 1. The molecule has 0 aromatic heterocycles. The first-order chi connectivity index (χ1) is 16.1. The van der Waals surface area contributed by atoms with Gasteiger partial charge in [0.1, 0.15) is 11.5 Å². The molecule has 0 fully saturated rings. The molecule has 6 heteroatoms. The van der Waals surface area contributed by atoms with Crippen LogP contribution in [0.15, 0.2) is 83.5 Å². The van der Waals surface area contributed by atoms with Crippen molar-refractivity contribution in [1.29, 1.82) is 0 Å². The quantitative estimate of drug-likeness (QED) is 0.389. The van der Waals surface area contributed by atoms with E-state index in [2.05, 4.69) is 0 Å². The number of aliphatic imine (C=N–C) groups is 1. The number of ether oxygens (including phenoxy) is 2. The highest BCUT2D eigenvalue weighted by molar-refractivity contribution is 6.30. The highest BCUT2D eigenvalue weighted by Crippen LogP contribution is 2.31. The third-order valence-electron chi connectivity index (χ3n) is 5.10. The maximum absolute atomic E-state index is 13.4. The third kappa shape index (κ3) is 5.26. The molecule has 1 aliphatic heterocycles. The summed E-state index contributed by atoms with van der Waals surface area (Å²) >= 11 is 6.07. The summed E-state index contributed by atoms with van der Waals surface area (Å²) in [5.41, 5.74) is 3.02. The molecule has 0 atom stereocenters. The fraction of sp³-hybridized carbons (Fsp3) is 0.185. The largest absolute Gasteiger partial charge is 0.490 e. The van der Waals surface area contributed by atoms with E-state index in [9.17, 15) is 4.79 Å². The lowest BCUT2D eigenvalue weighted by atomic mass is 10.1. The summed E-state index contributed by atoms with van der Waals surface area (Å²) in [4.78, 5) is 19.8. The van der Waals surface area contributed by atoms with Crippen molar-refractivity contribution in [3.63, 3.8) is 0 Å². The van der Waals surface area contributed by atoms with Crippen LogP contribution in [0.4, 0.5) is 0 Å². The fourth-order valence-electron chi connectivity index (χ4n) is 3.60. The molecule has 0 spiro atoms. The normalized spacial score (nSPS) is 14.5. The van der Waals surface area contributed by atoms with Crippen LogP contribution in [0.5, 0.6) is 11.5 Å². The first-order valence-corrected chi connectivity index (χ1v) is 11.3. The van der Waals surface area contributed by atoms with Crippen LogP contribution < -0.4 is 9.47 Å². The summed E-state index contributed by atoms with van der Waals surface area (Å²) in [6.45, 7) is 5.33. The van der Waals surface area contributed by atoms with E-state index in [1.807, 2.05) is 74.5 Å². The van der Waals surface area contributed by atoms with Gasteiger partial charge < -0.3 is 9.47 Å². The molecule has 0 bridgehead atoms. The van der Waals surface area contributed by atoms with Gasteiger partial charge in [-0.1, -0.05) is 48.0 Å². The predicted octanol–water partition coefficient (Wildman–Crippen LogP) is 5.97. The first-order valence-electron chi connectivity index (χ1n) is 10.9. The minimum atomic E-state index is -0.157. The van der Waals surface area contributed by atoms with Gasteiger partial charge in [0.25, 0.3) is 5.91 Å². The van der Waals surface area contributed by atoms with Crippen molar-refractivity contribution < 1.29 is 14.3 Å². The van der Waals surface area contributed by atoms with Gasteiger partial charge in [0.05, 0.1) is 19.8 Å². The zero-order valence-electron chi connectivity index (χ0n) is 18.6. The fourth-order valence-corrected chi connectivity index (χ4v) is 3.72. The average Bonchev–Trinajstić information content (AvgIpc) is 3.12. The van der Waals surface area contributed by atoms with E-state index in [4.69, 9.17) is 26.1 Å². The van der Waals surface area contributed by atoms with E-state index in [-0.39, 0.29) is 5.91 Å². The number of nitrogens with zero attached hydrogens (tertiary/aromatic N) is 2. The summed E-state index contributed by atoms with van der Waals surface area (Å²) in [6, 6.07) is 22.8. The molecule has 0 radical (unpaired) electrons. The van der Waals surface area contributed by atoms with Crippen molar-refractivity contribution in [2.45, 2.75) is 20.4 Å². The number of amides is 1. The lowest BCUT2D eigenvalue weighted by Gasteiger charge is -2.18.